The van der Waals surface area contributed by atoms with E-state index >= 15 is 0 Å². The lowest BCUT2D eigenvalue weighted by Crippen LogP contribution is -2.50. The number of rotatable bonds is 6. The first-order valence-corrected chi connectivity index (χ1v) is 9.22. The third-order valence-electron chi connectivity index (χ3n) is 4.82. The van der Waals surface area contributed by atoms with E-state index in [0.717, 1.165) is 32.2 Å². The number of urea groups is 1. The van der Waals surface area contributed by atoms with E-state index < -0.39 is 0 Å². The number of nitrogens with zero attached hydrogens (tertiary/aromatic N) is 3. The Morgan fingerprint density at radius 2 is 2.08 bits per heavy atom. The first kappa shape index (κ1) is 18.1. The van der Waals surface area contributed by atoms with Crippen molar-refractivity contribution >= 4 is 6.03 Å². The molecule has 1 saturated heterocycles. The van der Waals surface area contributed by atoms with Crippen LogP contribution in [0, 0.1) is 0 Å². The predicted molar refractivity (Wildman–Crippen MR) is 89.8 cm³/mol. The number of methoxy groups -OCH3 is 1. The Kier molecular flexibility index (Phi) is 6.63. The van der Waals surface area contributed by atoms with Crippen molar-refractivity contribution in [3.8, 4) is 0 Å². The first-order valence-electron chi connectivity index (χ1n) is 9.22. The molecule has 0 aromatic carbocycles. The van der Waals surface area contributed by atoms with E-state index in [-0.39, 0.29) is 18.7 Å². The summed E-state index contributed by atoms with van der Waals surface area (Å²) in [5.41, 5.74) is 0. The highest BCUT2D eigenvalue weighted by Crippen LogP contribution is 2.19. The van der Waals surface area contributed by atoms with Gasteiger partial charge in [-0.25, -0.2) is 4.79 Å². The summed E-state index contributed by atoms with van der Waals surface area (Å²) in [6, 6.07) is 0.378. The van der Waals surface area contributed by atoms with Crippen molar-refractivity contribution < 1.29 is 18.8 Å². The highest BCUT2D eigenvalue weighted by atomic mass is 16.5. The minimum absolute atomic E-state index is 0.00947. The lowest BCUT2D eigenvalue weighted by molar-refractivity contribution is -0.00405. The number of carbonyl (C=O) groups is 1. The first-order chi connectivity index (χ1) is 12.2. The molecule has 2 amide bonds. The lowest BCUT2D eigenvalue weighted by atomic mass is 9.96. The zero-order valence-electron chi connectivity index (χ0n) is 14.9. The maximum atomic E-state index is 12.5. The average Bonchev–Trinajstić information content (AvgIpc) is 3.09. The van der Waals surface area contributed by atoms with Crippen molar-refractivity contribution in [1.29, 1.82) is 0 Å². The highest BCUT2D eigenvalue weighted by molar-refractivity contribution is 5.74. The van der Waals surface area contributed by atoms with Crippen LogP contribution in [0.3, 0.4) is 0 Å². The van der Waals surface area contributed by atoms with E-state index in [9.17, 15) is 4.79 Å². The number of hydrogen-bond acceptors (Lipinski definition) is 6. The molecule has 1 saturated carbocycles. The molecule has 0 spiro atoms. The fraction of sp³-hybridized carbons (Fsp3) is 0.824. The molecule has 2 heterocycles. The van der Waals surface area contributed by atoms with E-state index in [1.54, 1.807) is 7.11 Å². The molecule has 1 aliphatic carbocycles. The van der Waals surface area contributed by atoms with Gasteiger partial charge in [0.05, 0.1) is 6.10 Å². The molecule has 1 unspecified atom stereocenters. The minimum Gasteiger partial charge on any atom is -0.375 e. The molecule has 0 bridgehead atoms. The summed E-state index contributed by atoms with van der Waals surface area (Å²) in [5, 5.41) is 7.04. The third-order valence-corrected chi connectivity index (χ3v) is 4.82. The van der Waals surface area contributed by atoms with Gasteiger partial charge >= 0.3 is 6.03 Å². The van der Waals surface area contributed by atoms with Crippen molar-refractivity contribution in [3.05, 3.63) is 11.7 Å². The van der Waals surface area contributed by atoms with E-state index in [0.29, 0.717) is 30.9 Å². The van der Waals surface area contributed by atoms with E-state index in [2.05, 4.69) is 15.5 Å². The maximum absolute atomic E-state index is 12.5. The molecule has 1 aliphatic heterocycles. The van der Waals surface area contributed by atoms with Crippen molar-refractivity contribution in [3.63, 3.8) is 0 Å². The monoisotopic (exact) mass is 352 g/mol. The second kappa shape index (κ2) is 9.15. The average molecular weight is 352 g/mol. The normalized spacial score (nSPS) is 22.1. The van der Waals surface area contributed by atoms with Crippen LogP contribution in [0.15, 0.2) is 4.52 Å². The van der Waals surface area contributed by atoms with Crippen molar-refractivity contribution in [2.45, 2.75) is 70.3 Å². The number of ether oxygens (including phenoxy) is 2. The van der Waals surface area contributed by atoms with Crippen LogP contribution in [-0.4, -0.2) is 53.4 Å². The Bertz CT molecular complexity index is 545. The van der Waals surface area contributed by atoms with Gasteiger partial charge in [0.2, 0.25) is 0 Å². The number of aromatic nitrogens is 2. The molecule has 1 aromatic heterocycles. The van der Waals surface area contributed by atoms with Crippen molar-refractivity contribution in [2.75, 3.05) is 20.2 Å². The molecule has 0 radical (unpaired) electrons. The summed E-state index contributed by atoms with van der Waals surface area (Å²) >= 11 is 0. The summed E-state index contributed by atoms with van der Waals surface area (Å²) < 4.78 is 15.9. The third kappa shape index (κ3) is 5.40. The number of amides is 2. The van der Waals surface area contributed by atoms with E-state index in [4.69, 9.17) is 14.0 Å². The Morgan fingerprint density at radius 1 is 1.24 bits per heavy atom. The molecule has 8 nitrogen and oxygen atoms in total. The zero-order chi connectivity index (χ0) is 17.5. The van der Waals surface area contributed by atoms with Gasteiger partial charge in [-0.15, -0.1) is 0 Å². The van der Waals surface area contributed by atoms with Gasteiger partial charge < -0.3 is 24.2 Å². The fourth-order valence-electron chi connectivity index (χ4n) is 3.49. The molecular weight excluding hydrogens is 324 g/mol. The second-order valence-electron chi connectivity index (χ2n) is 6.84. The molecule has 3 rings (SSSR count). The molecule has 25 heavy (non-hydrogen) atoms. The van der Waals surface area contributed by atoms with Gasteiger partial charge in [-0.3, -0.25) is 0 Å². The Labute approximate surface area is 148 Å². The molecule has 8 heteroatoms. The molecule has 2 aliphatic rings. The van der Waals surface area contributed by atoms with E-state index in [1.165, 1.54) is 19.3 Å². The van der Waals surface area contributed by atoms with Crippen LogP contribution in [0.25, 0.3) is 0 Å². The Hall–Kier alpha value is -1.67. The number of nitrogens with one attached hydrogen (secondary N) is 1. The molecule has 140 valence electrons. The SMILES string of the molecule is COCc1nc(COC2CCCN(C(=O)NC3CCCCC3)C2)no1. The molecule has 2 fully saturated rings. The Balaban J connectivity index is 1.42. The number of likely N-dealkylation sites (tertiary alicyclic amines) is 1. The van der Waals surface area contributed by atoms with Crippen molar-refractivity contribution in [2.24, 2.45) is 0 Å². The van der Waals surface area contributed by atoms with Crippen LogP contribution in [0.5, 0.6) is 0 Å². The second-order valence-corrected chi connectivity index (χ2v) is 6.84. The van der Waals surface area contributed by atoms with Gasteiger partial charge in [0, 0.05) is 26.2 Å². The van der Waals surface area contributed by atoms with Crippen LogP contribution in [0.1, 0.15) is 56.7 Å². The highest BCUT2D eigenvalue weighted by Gasteiger charge is 2.26. The molecule has 1 atom stereocenters. The number of carbonyl (C=O) groups excluding carboxylic acids is 1. The van der Waals surface area contributed by atoms with Crippen LogP contribution in [0.2, 0.25) is 0 Å². The van der Waals surface area contributed by atoms with Crippen LogP contribution >= 0.6 is 0 Å². The van der Waals surface area contributed by atoms with E-state index in [1.807, 2.05) is 4.90 Å². The predicted octanol–water partition coefficient (Wildman–Crippen LogP) is 2.24. The summed E-state index contributed by atoms with van der Waals surface area (Å²) in [7, 11) is 1.58. The zero-order valence-corrected chi connectivity index (χ0v) is 14.9. The molecule has 1 aromatic rings. The smallest absolute Gasteiger partial charge is 0.317 e. The van der Waals surface area contributed by atoms with Crippen LogP contribution in [-0.2, 0) is 22.7 Å². The van der Waals surface area contributed by atoms with Gasteiger partial charge in [-0.1, -0.05) is 24.4 Å². The maximum Gasteiger partial charge on any atom is 0.317 e. The lowest BCUT2D eigenvalue weighted by Gasteiger charge is -2.34. The largest absolute Gasteiger partial charge is 0.375 e. The van der Waals surface area contributed by atoms with Gasteiger partial charge in [-0.05, 0) is 25.7 Å². The summed E-state index contributed by atoms with van der Waals surface area (Å²) in [6.45, 7) is 1.99. The fourth-order valence-corrected chi connectivity index (χ4v) is 3.49. The molecular formula is C17H28N4O4. The standard InChI is InChI=1S/C17H28N4O4/c1-23-12-16-19-15(20-25-16)11-24-14-8-5-9-21(10-14)17(22)18-13-6-3-2-4-7-13/h13-14H,2-12H2,1H3,(H,18,22). The molecule has 1 N–H and O–H groups in total. The number of piperidine rings is 1. The minimum atomic E-state index is 0.00947. The summed E-state index contributed by atoms with van der Waals surface area (Å²) in [4.78, 5) is 18.5. The summed E-state index contributed by atoms with van der Waals surface area (Å²) in [6.07, 6.45) is 7.81. The van der Waals surface area contributed by atoms with Gasteiger partial charge in [0.1, 0.15) is 13.2 Å². The quantitative estimate of drug-likeness (QED) is 0.844. The summed E-state index contributed by atoms with van der Waals surface area (Å²) in [5.74, 6) is 0.953. The van der Waals surface area contributed by atoms with Crippen LogP contribution in [0.4, 0.5) is 4.79 Å². The Morgan fingerprint density at radius 3 is 2.88 bits per heavy atom. The van der Waals surface area contributed by atoms with Gasteiger partial charge in [0.15, 0.2) is 5.82 Å². The van der Waals surface area contributed by atoms with Gasteiger partial charge in [-0.2, -0.15) is 4.98 Å². The topological polar surface area (TPSA) is 89.7 Å². The van der Waals surface area contributed by atoms with Crippen LogP contribution < -0.4 is 5.32 Å². The van der Waals surface area contributed by atoms with Crippen molar-refractivity contribution in [1.82, 2.24) is 20.4 Å². The number of hydrogen-bond donors (Lipinski definition) is 1. The van der Waals surface area contributed by atoms with Gasteiger partial charge in [0.25, 0.3) is 5.89 Å².